The van der Waals surface area contributed by atoms with Gasteiger partial charge in [0.25, 0.3) is 0 Å². The van der Waals surface area contributed by atoms with Gasteiger partial charge in [-0.25, -0.2) is 4.79 Å². The monoisotopic (exact) mass is 343 g/mol. The zero-order valence-corrected chi connectivity index (χ0v) is 14.0. The molecule has 1 aliphatic heterocycles. The fraction of sp³-hybridized carbons (Fsp3) is 0.588. The van der Waals surface area contributed by atoms with E-state index in [0.717, 1.165) is 38.1 Å². The van der Waals surface area contributed by atoms with E-state index in [0.29, 0.717) is 24.2 Å². The lowest BCUT2D eigenvalue weighted by Gasteiger charge is -2.34. The van der Waals surface area contributed by atoms with Crippen LogP contribution in [0.25, 0.3) is 0 Å². The van der Waals surface area contributed by atoms with Gasteiger partial charge in [-0.15, -0.1) is 0 Å². The Kier molecular flexibility index (Phi) is 6.10. The van der Waals surface area contributed by atoms with Gasteiger partial charge in [0.2, 0.25) is 0 Å². The summed E-state index contributed by atoms with van der Waals surface area (Å²) in [7, 11) is 0. The smallest absolute Gasteiger partial charge is 0.338 e. The molecule has 0 aliphatic carbocycles. The van der Waals surface area contributed by atoms with Crippen LogP contribution in [0, 0.1) is 5.92 Å². The van der Waals surface area contributed by atoms with E-state index in [1.54, 1.807) is 0 Å². The summed E-state index contributed by atoms with van der Waals surface area (Å²) in [5.74, 6) is 0.443. The quantitative estimate of drug-likeness (QED) is 0.869. The van der Waals surface area contributed by atoms with Crippen molar-refractivity contribution in [2.24, 2.45) is 5.92 Å². The van der Waals surface area contributed by atoms with Crippen LogP contribution in [0.3, 0.4) is 0 Å². The maximum Gasteiger partial charge on any atom is 0.416 e. The van der Waals surface area contributed by atoms with Crippen molar-refractivity contribution < 1.29 is 18.0 Å². The highest BCUT2D eigenvalue weighted by Gasteiger charge is 2.30. The minimum Gasteiger partial charge on any atom is -0.338 e. The van der Waals surface area contributed by atoms with Crippen molar-refractivity contribution in [1.29, 1.82) is 0 Å². The number of piperidine rings is 1. The molecule has 0 unspecified atom stereocenters. The molecule has 4 nitrogen and oxygen atoms in total. The number of amides is 2. The third-order valence-electron chi connectivity index (χ3n) is 4.40. The molecular weight excluding hydrogens is 319 g/mol. The minimum atomic E-state index is -4.37. The predicted molar refractivity (Wildman–Crippen MR) is 87.9 cm³/mol. The first-order valence-corrected chi connectivity index (χ1v) is 8.22. The van der Waals surface area contributed by atoms with Gasteiger partial charge >= 0.3 is 12.2 Å². The number of likely N-dealkylation sites (tertiary alicyclic amines) is 1. The second kappa shape index (κ2) is 7.88. The number of carbonyl (C=O) groups is 1. The molecule has 0 radical (unpaired) electrons. The topological polar surface area (TPSA) is 44.4 Å². The molecule has 0 spiro atoms. The van der Waals surface area contributed by atoms with Crippen molar-refractivity contribution in [2.45, 2.75) is 38.9 Å². The fourth-order valence-electron chi connectivity index (χ4n) is 2.83. The fourth-order valence-corrected chi connectivity index (χ4v) is 2.83. The largest absolute Gasteiger partial charge is 0.416 e. The molecule has 7 heteroatoms. The van der Waals surface area contributed by atoms with Gasteiger partial charge in [0, 0.05) is 18.3 Å². The molecule has 1 aromatic carbocycles. The van der Waals surface area contributed by atoms with Crippen molar-refractivity contribution in [2.75, 3.05) is 25.0 Å². The molecule has 134 valence electrons. The van der Waals surface area contributed by atoms with Crippen molar-refractivity contribution in [3.05, 3.63) is 29.8 Å². The normalized spacial score (nSPS) is 17.1. The van der Waals surface area contributed by atoms with E-state index in [9.17, 15) is 18.0 Å². The van der Waals surface area contributed by atoms with E-state index in [-0.39, 0.29) is 6.03 Å². The number of halogens is 3. The maximum atomic E-state index is 12.5. The Morgan fingerprint density at radius 2 is 1.79 bits per heavy atom. The highest BCUT2D eigenvalue weighted by molar-refractivity contribution is 5.89. The average Bonchev–Trinajstić information content (AvgIpc) is 2.53. The van der Waals surface area contributed by atoms with Gasteiger partial charge in [-0.3, -0.25) is 0 Å². The van der Waals surface area contributed by atoms with Crippen LogP contribution < -0.4 is 10.6 Å². The van der Waals surface area contributed by atoms with Crippen molar-refractivity contribution >= 4 is 11.7 Å². The third kappa shape index (κ3) is 5.40. The van der Waals surface area contributed by atoms with Crippen LogP contribution in [-0.4, -0.2) is 36.6 Å². The number of nitrogens with one attached hydrogen (secondary N) is 2. The number of anilines is 1. The van der Waals surface area contributed by atoms with E-state index in [1.165, 1.54) is 12.1 Å². The summed E-state index contributed by atoms with van der Waals surface area (Å²) in [6, 6.07) is 4.57. The third-order valence-corrected chi connectivity index (χ3v) is 4.40. The van der Waals surface area contributed by atoms with Gasteiger partial charge in [-0.2, -0.15) is 13.2 Å². The second-order valence-electron chi connectivity index (χ2n) is 6.48. The summed E-state index contributed by atoms with van der Waals surface area (Å²) >= 11 is 0. The van der Waals surface area contributed by atoms with Gasteiger partial charge in [0.1, 0.15) is 0 Å². The van der Waals surface area contributed by atoms with Crippen LogP contribution in [0.1, 0.15) is 32.3 Å². The molecule has 2 amide bonds. The number of rotatable bonds is 4. The van der Waals surface area contributed by atoms with Gasteiger partial charge in [-0.05, 0) is 70.0 Å². The Morgan fingerprint density at radius 3 is 2.29 bits per heavy atom. The van der Waals surface area contributed by atoms with Gasteiger partial charge in [0.05, 0.1) is 5.56 Å². The number of benzene rings is 1. The van der Waals surface area contributed by atoms with Crippen molar-refractivity contribution in [3.8, 4) is 0 Å². The van der Waals surface area contributed by atoms with Gasteiger partial charge in [0.15, 0.2) is 0 Å². The van der Waals surface area contributed by atoms with E-state index in [2.05, 4.69) is 29.4 Å². The van der Waals surface area contributed by atoms with Crippen LogP contribution in [0.15, 0.2) is 24.3 Å². The lowest BCUT2D eigenvalue weighted by molar-refractivity contribution is -0.137. The first-order chi connectivity index (χ1) is 11.3. The lowest BCUT2D eigenvalue weighted by Crippen LogP contribution is -2.42. The summed E-state index contributed by atoms with van der Waals surface area (Å²) in [6.45, 7) is 7.00. The SMILES string of the molecule is CC(C)N1CCC(CNC(=O)Nc2ccc(C(F)(F)F)cc2)CC1. The Bertz CT molecular complexity index is 535. The highest BCUT2D eigenvalue weighted by Crippen LogP contribution is 2.29. The first-order valence-electron chi connectivity index (χ1n) is 8.22. The molecule has 0 atom stereocenters. The van der Waals surface area contributed by atoms with E-state index in [1.807, 2.05) is 0 Å². The Morgan fingerprint density at radius 1 is 1.21 bits per heavy atom. The van der Waals surface area contributed by atoms with Gasteiger partial charge < -0.3 is 15.5 Å². The predicted octanol–water partition coefficient (Wildman–Crippen LogP) is 3.95. The van der Waals surface area contributed by atoms with Crippen molar-refractivity contribution in [3.63, 3.8) is 0 Å². The standard InChI is InChI=1S/C17H24F3N3O/c1-12(2)23-9-7-13(8-10-23)11-21-16(24)22-15-5-3-14(4-6-15)17(18,19)20/h3-6,12-13H,7-11H2,1-2H3,(H2,21,22,24). The van der Waals surface area contributed by atoms with Crippen LogP contribution in [0.4, 0.5) is 23.7 Å². The average molecular weight is 343 g/mol. The molecule has 0 aromatic heterocycles. The van der Waals surface area contributed by atoms with Crippen LogP contribution in [0.2, 0.25) is 0 Å². The molecule has 0 saturated carbocycles. The zero-order valence-electron chi connectivity index (χ0n) is 14.0. The number of nitrogens with zero attached hydrogens (tertiary/aromatic N) is 1. The molecule has 0 bridgehead atoms. The van der Waals surface area contributed by atoms with Crippen LogP contribution >= 0.6 is 0 Å². The van der Waals surface area contributed by atoms with Gasteiger partial charge in [-0.1, -0.05) is 0 Å². The van der Waals surface area contributed by atoms with Crippen LogP contribution in [-0.2, 0) is 6.18 Å². The molecule has 1 aliphatic rings. The summed E-state index contributed by atoms with van der Waals surface area (Å²) in [5, 5.41) is 5.36. The maximum absolute atomic E-state index is 12.5. The molecule has 1 heterocycles. The van der Waals surface area contributed by atoms with E-state index in [4.69, 9.17) is 0 Å². The lowest BCUT2D eigenvalue weighted by atomic mass is 9.96. The number of carbonyl (C=O) groups excluding carboxylic acids is 1. The van der Waals surface area contributed by atoms with Crippen molar-refractivity contribution in [1.82, 2.24) is 10.2 Å². The second-order valence-corrected chi connectivity index (χ2v) is 6.48. The Hall–Kier alpha value is -1.76. The van der Waals surface area contributed by atoms with E-state index < -0.39 is 11.7 Å². The minimum absolute atomic E-state index is 0.343. The number of hydrogen-bond acceptors (Lipinski definition) is 2. The Balaban J connectivity index is 1.74. The molecular formula is C17H24F3N3O. The highest BCUT2D eigenvalue weighted by atomic mass is 19.4. The molecule has 1 saturated heterocycles. The molecule has 2 rings (SSSR count). The van der Waals surface area contributed by atoms with Crippen LogP contribution in [0.5, 0.6) is 0 Å². The molecule has 1 aromatic rings. The molecule has 1 fully saturated rings. The molecule has 2 N–H and O–H groups in total. The molecule has 24 heavy (non-hydrogen) atoms. The summed E-state index contributed by atoms with van der Waals surface area (Å²) in [5.41, 5.74) is -0.388. The zero-order chi connectivity index (χ0) is 17.7. The summed E-state index contributed by atoms with van der Waals surface area (Å²) < 4.78 is 37.4. The number of urea groups is 1. The summed E-state index contributed by atoms with van der Waals surface area (Å²) in [6.07, 6.45) is -2.29. The number of hydrogen-bond donors (Lipinski definition) is 2. The first kappa shape index (κ1) is 18.6. The van der Waals surface area contributed by atoms with E-state index >= 15 is 0 Å². The number of alkyl halides is 3. The summed E-state index contributed by atoms with van der Waals surface area (Å²) in [4.78, 5) is 14.3. The Labute approximate surface area is 140 Å².